The molecule has 6 nitrogen and oxygen atoms in total. The molecule has 6 heteroatoms. The number of hydrogen-bond acceptors (Lipinski definition) is 5. The second kappa shape index (κ2) is 13.7. The van der Waals surface area contributed by atoms with Gasteiger partial charge in [-0.25, -0.2) is 9.97 Å². The third kappa shape index (κ3) is 5.73. The summed E-state index contributed by atoms with van der Waals surface area (Å²) in [6.45, 7) is 0. The third-order valence-electron chi connectivity index (χ3n) is 11.4. The molecule has 12 rings (SSSR count). The molecule has 0 unspecified atom stereocenters. The fourth-order valence-electron chi connectivity index (χ4n) is 8.56. The van der Waals surface area contributed by atoms with Crippen molar-refractivity contribution in [2.45, 2.75) is 0 Å². The second-order valence-corrected chi connectivity index (χ2v) is 15.1. The lowest BCUT2D eigenvalue weighted by Crippen LogP contribution is -1.97. The minimum Gasteiger partial charge on any atom is -0.456 e. The zero-order valence-corrected chi connectivity index (χ0v) is 32.2. The Labute approximate surface area is 344 Å². The normalized spacial score (nSPS) is 11.7. The molecular weight excluding hydrogens is 735 g/mol. The van der Waals surface area contributed by atoms with Gasteiger partial charge in [0.1, 0.15) is 22.2 Å². The Morgan fingerprint density at radius 1 is 0.383 bits per heavy atom. The zero-order valence-electron chi connectivity index (χ0n) is 32.2. The maximum atomic E-state index is 6.36. The lowest BCUT2D eigenvalue weighted by atomic mass is 9.94. The van der Waals surface area contributed by atoms with Crippen LogP contribution in [0.2, 0.25) is 0 Å². The highest BCUT2D eigenvalue weighted by Gasteiger charge is 2.19. The fourth-order valence-corrected chi connectivity index (χ4v) is 8.56. The number of para-hydroxylation sites is 2. The van der Waals surface area contributed by atoms with Gasteiger partial charge in [-0.05, 0) is 99.1 Å². The van der Waals surface area contributed by atoms with Crippen LogP contribution < -0.4 is 0 Å². The smallest absolute Gasteiger partial charge is 0.160 e. The highest BCUT2D eigenvalue weighted by Crippen LogP contribution is 2.40. The summed E-state index contributed by atoms with van der Waals surface area (Å²) < 4.78 is 6.36. The van der Waals surface area contributed by atoms with Gasteiger partial charge in [-0.2, -0.15) is 4.80 Å². The topological polar surface area (TPSA) is 69.6 Å². The van der Waals surface area contributed by atoms with Gasteiger partial charge in [0.15, 0.2) is 5.82 Å². The molecule has 0 fully saturated rings. The molecule has 0 spiro atoms. The zero-order chi connectivity index (χ0) is 39.6. The maximum Gasteiger partial charge on any atom is 0.160 e. The van der Waals surface area contributed by atoms with E-state index in [4.69, 9.17) is 24.6 Å². The molecule has 60 heavy (non-hydrogen) atoms. The van der Waals surface area contributed by atoms with Crippen molar-refractivity contribution < 1.29 is 4.42 Å². The molecular formula is C54H33N5O. The van der Waals surface area contributed by atoms with Gasteiger partial charge in [0.2, 0.25) is 0 Å². The Kier molecular flexibility index (Phi) is 7.74. The lowest BCUT2D eigenvalue weighted by molar-refractivity contribution is 0.669. The minimum absolute atomic E-state index is 0.633. The monoisotopic (exact) mass is 767 g/mol. The van der Waals surface area contributed by atoms with E-state index in [1.165, 1.54) is 0 Å². The molecule has 0 saturated carbocycles. The minimum atomic E-state index is 0.633. The van der Waals surface area contributed by atoms with Gasteiger partial charge in [0, 0.05) is 32.8 Å². The molecule has 0 radical (unpaired) electrons. The molecule has 0 aliphatic rings. The van der Waals surface area contributed by atoms with E-state index in [2.05, 4.69) is 140 Å². The SMILES string of the molecule is c1ccc(-c2cc(-c3ccccc3)cc(-c3cc(-c4cccc5oc6ccccc6c45)nc(-c4ccc5c(ccc6ccc7nn(-c8ccccc8)nc7c65)c4)n3)c2)cc1. The molecule has 0 saturated heterocycles. The lowest BCUT2D eigenvalue weighted by Gasteiger charge is -2.14. The number of nitrogens with zero attached hydrogens (tertiary/aromatic N) is 5. The average molecular weight is 768 g/mol. The quantitative estimate of drug-likeness (QED) is 0.158. The average Bonchev–Trinajstić information content (AvgIpc) is 3.94. The van der Waals surface area contributed by atoms with E-state index >= 15 is 0 Å². The van der Waals surface area contributed by atoms with E-state index < -0.39 is 0 Å². The molecule has 0 amide bonds. The van der Waals surface area contributed by atoms with E-state index in [1.807, 2.05) is 60.7 Å². The van der Waals surface area contributed by atoms with Crippen molar-refractivity contribution in [3.05, 3.63) is 200 Å². The largest absolute Gasteiger partial charge is 0.456 e. The van der Waals surface area contributed by atoms with Crippen LogP contribution in [-0.2, 0) is 0 Å². The number of hydrogen-bond donors (Lipinski definition) is 0. The second-order valence-electron chi connectivity index (χ2n) is 15.1. The number of benzene rings is 9. The first-order valence-corrected chi connectivity index (χ1v) is 20.0. The molecule has 0 N–H and O–H groups in total. The fraction of sp³-hybridized carbons (Fsp3) is 0. The molecule has 3 heterocycles. The first-order valence-electron chi connectivity index (χ1n) is 20.0. The summed E-state index contributed by atoms with van der Waals surface area (Å²) in [4.78, 5) is 12.5. The summed E-state index contributed by atoms with van der Waals surface area (Å²) in [5.41, 5.74) is 13.3. The number of aromatic nitrogens is 5. The molecule has 280 valence electrons. The molecule has 3 aromatic heterocycles. The molecule has 0 aliphatic carbocycles. The summed E-state index contributed by atoms with van der Waals surface area (Å²) in [6.07, 6.45) is 0. The number of rotatable bonds is 6. The van der Waals surface area contributed by atoms with Crippen LogP contribution in [0, 0.1) is 0 Å². The Morgan fingerprint density at radius 3 is 1.82 bits per heavy atom. The first kappa shape index (κ1) is 33.9. The molecule has 0 aliphatic heterocycles. The van der Waals surface area contributed by atoms with E-state index in [9.17, 15) is 0 Å². The van der Waals surface area contributed by atoms with Gasteiger partial charge in [-0.3, -0.25) is 0 Å². The van der Waals surface area contributed by atoms with Crippen LogP contribution in [0.15, 0.2) is 205 Å². The van der Waals surface area contributed by atoms with E-state index in [-0.39, 0.29) is 0 Å². The van der Waals surface area contributed by atoms with Crippen LogP contribution in [0.25, 0.3) is 116 Å². The van der Waals surface area contributed by atoms with Crippen LogP contribution in [-0.4, -0.2) is 25.0 Å². The van der Waals surface area contributed by atoms with Gasteiger partial charge in [0.05, 0.1) is 17.1 Å². The highest BCUT2D eigenvalue weighted by atomic mass is 16.3. The van der Waals surface area contributed by atoms with Crippen LogP contribution in [0.3, 0.4) is 0 Å². The van der Waals surface area contributed by atoms with Crippen molar-refractivity contribution in [1.82, 2.24) is 25.0 Å². The molecule has 0 bridgehead atoms. The third-order valence-corrected chi connectivity index (χ3v) is 11.4. The molecule has 0 atom stereocenters. The van der Waals surface area contributed by atoms with E-state index in [0.717, 1.165) is 111 Å². The van der Waals surface area contributed by atoms with Crippen LogP contribution in [0.4, 0.5) is 0 Å². The van der Waals surface area contributed by atoms with Crippen LogP contribution >= 0.6 is 0 Å². The molecule has 12 aromatic rings. The predicted octanol–water partition coefficient (Wildman–Crippen LogP) is 13.8. The first-order chi connectivity index (χ1) is 29.7. The van der Waals surface area contributed by atoms with Crippen LogP contribution in [0.1, 0.15) is 0 Å². The summed E-state index contributed by atoms with van der Waals surface area (Å²) in [6, 6.07) is 69.4. The van der Waals surface area contributed by atoms with Gasteiger partial charge in [-0.15, -0.1) is 10.2 Å². The summed E-state index contributed by atoms with van der Waals surface area (Å²) in [5.74, 6) is 0.633. The van der Waals surface area contributed by atoms with Gasteiger partial charge < -0.3 is 4.42 Å². The molecule has 9 aromatic carbocycles. The Morgan fingerprint density at radius 2 is 1.03 bits per heavy atom. The van der Waals surface area contributed by atoms with Crippen LogP contribution in [0.5, 0.6) is 0 Å². The van der Waals surface area contributed by atoms with Crippen molar-refractivity contribution in [2.75, 3.05) is 0 Å². The van der Waals surface area contributed by atoms with Crippen molar-refractivity contribution in [3.8, 4) is 61.8 Å². The standard InChI is InChI=1S/C54H33N5O/c1-4-13-34(14-5-1)39-30-40(35-15-6-2-7-16-35)32-41(31-39)47-33-48(44-20-12-22-50-52(44)45-19-10-11-21-49(45)60-50)56-54(55-47)38-25-27-43-37(29-38)24-23-36-26-28-46-53(51(36)43)58-59(57-46)42-17-8-3-9-18-42/h1-33H. The van der Waals surface area contributed by atoms with Crippen molar-refractivity contribution >= 4 is 54.5 Å². The van der Waals surface area contributed by atoms with Gasteiger partial charge in [0.25, 0.3) is 0 Å². The Hall–Kier alpha value is -8.22. The van der Waals surface area contributed by atoms with Gasteiger partial charge >= 0.3 is 0 Å². The number of furan rings is 1. The summed E-state index contributed by atoms with van der Waals surface area (Å²) >= 11 is 0. The van der Waals surface area contributed by atoms with Crippen molar-refractivity contribution in [2.24, 2.45) is 0 Å². The van der Waals surface area contributed by atoms with Crippen molar-refractivity contribution in [3.63, 3.8) is 0 Å². The summed E-state index contributed by atoms with van der Waals surface area (Å²) in [7, 11) is 0. The van der Waals surface area contributed by atoms with E-state index in [1.54, 1.807) is 4.80 Å². The number of fused-ring (bicyclic) bond motifs is 8. The van der Waals surface area contributed by atoms with Gasteiger partial charge in [-0.1, -0.05) is 140 Å². The van der Waals surface area contributed by atoms with Crippen molar-refractivity contribution in [1.29, 1.82) is 0 Å². The Balaban J connectivity index is 1.08. The maximum absolute atomic E-state index is 6.36. The Bertz CT molecular complexity index is 3540. The van der Waals surface area contributed by atoms with E-state index in [0.29, 0.717) is 5.82 Å². The highest BCUT2D eigenvalue weighted by molar-refractivity contribution is 6.18. The predicted molar refractivity (Wildman–Crippen MR) is 244 cm³/mol. The summed E-state index contributed by atoms with van der Waals surface area (Å²) in [5, 5.41) is 16.3.